The molecule has 0 unspecified atom stereocenters. The van der Waals surface area contributed by atoms with Crippen molar-refractivity contribution in [3.05, 3.63) is 40.2 Å². The molecule has 0 spiro atoms. The molecule has 4 rings (SSSR count). The molecular formula is C30H46ClF3N6O2. The van der Waals surface area contributed by atoms with E-state index in [9.17, 15) is 18.0 Å². The van der Waals surface area contributed by atoms with Gasteiger partial charge in [0.15, 0.2) is 0 Å². The van der Waals surface area contributed by atoms with Crippen molar-refractivity contribution in [2.24, 2.45) is 5.92 Å². The molecule has 2 heterocycles. The molecule has 1 aromatic heterocycles. The maximum Gasteiger partial charge on any atom is 0.419 e. The van der Waals surface area contributed by atoms with E-state index in [0.717, 1.165) is 31.8 Å². The summed E-state index contributed by atoms with van der Waals surface area (Å²) >= 11 is 6.32. The largest absolute Gasteiger partial charge is 0.495 e. The van der Waals surface area contributed by atoms with Crippen molar-refractivity contribution in [2.75, 3.05) is 46.7 Å². The number of anilines is 2. The molecule has 1 amide bonds. The summed E-state index contributed by atoms with van der Waals surface area (Å²) in [6.45, 7) is 5.34. The van der Waals surface area contributed by atoms with Crippen molar-refractivity contribution >= 4 is 29.1 Å². The van der Waals surface area contributed by atoms with Crippen LogP contribution in [0, 0.1) is 12.8 Å². The highest BCUT2D eigenvalue weighted by Gasteiger charge is 2.33. The van der Waals surface area contributed by atoms with Gasteiger partial charge in [-0.25, -0.2) is 9.97 Å². The van der Waals surface area contributed by atoms with E-state index in [1.54, 1.807) is 0 Å². The van der Waals surface area contributed by atoms with E-state index in [0.29, 0.717) is 11.9 Å². The number of benzene rings is 1. The maximum atomic E-state index is 12.9. The standard InChI is InChI=1S/C20H23ClF3N5O2.C8H16.C2H7N/c1-11-14(20(22,23)24)10-25-19(26-11)28-16-9-15(21)13(8-17(16)31-3)18(30)27-12-4-6-29(2)7-5-12;1-2-5-8-6-3-4-7-8;1-3-2/h8-10,12H,4-7H2,1-3H3,(H,27,30)(H,25,26,28);8H,2-7H2,1H3;3H,1-2H3. The smallest absolute Gasteiger partial charge is 0.419 e. The monoisotopic (exact) mass is 614 g/mol. The molecule has 12 heteroatoms. The van der Waals surface area contributed by atoms with Crippen molar-refractivity contribution in [1.29, 1.82) is 0 Å². The van der Waals surface area contributed by atoms with Crippen LogP contribution in [0.3, 0.4) is 0 Å². The number of rotatable bonds is 7. The van der Waals surface area contributed by atoms with Crippen molar-refractivity contribution < 1.29 is 22.7 Å². The number of nitrogens with one attached hydrogen (secondary N) is 3. The van der Waals surface area contributed by atoms with Crippen LogP contribution in [0.5, 0.6) is 5.75 Å². The molecule has 42 heavy (non-hydrogen) atoms. The van der Waals surface area contributed by atoms with E-state index in [2.05, 4.69) is 37.7 Å². The van der Waals surface area contributed by atoms with Crippen LogP contribution < -0.4 is 20.7 Å². The lowest BCUT2D eigenvalue weighted by atomic mass is 10.0. The van der Waals surface area contributed by atoms with Crippen LogP contribution in [0.1, 0.15) is 79.9 Å². The summed E-state index contributed by atoms with van der Waals surface area (Å²) in [4.78, 5) is 22.5. The first-order valence-corrected chi connectivity index (χ1v) is 14.9. The molecule has 2 fully saturated rings. The van der Waals surface area contributed by atoms with Gasteiger partial charge in [-0.3, -0.25) is 4.79 Å². The lowest BCUT2D eigenvalue weighted by Gasteiger charge is -2.29. The maximum absolute atomic E-state index is 12.9. The zero-order chi connectivity index (χ0) is 31.3. The fourth-order valence-corrected chi connectivity index (χ4v) is 5.29. The minimum absolute atomic E-state index is 0.0524. The summed E-state index contributed by atoms with van der Waals surface area (Å²) in [5, 5.41) is 8.70. The van der Waals surface area contributed by atoms with Gasteiger partial charge in [0, 0.05) is 12.2 Å². The van der Waals surface area contributed by atoms with E-state index in [4.69, 9.17) is 16.3 Å². The number of alkyl halides is 3. The fourth-order valence-electron chi connectivity index (χ4n) is 5.04. The van der Waals surface area contributed by atoms with Crippen molar-refractivity contribution in [3.63, 3.8) is 0 Å². The van der Waals surface area contributed by atoms with Gasteiger partial charge in [-0.05, 0) is 72.0 Å². The van der Waals surface area contributed by atoms with E-state index in [1.807, 2.05) is 21.1 Å². The average molecular weight is 615 g/mol. The van der Waals surface area contributed by atoms with Crippen LogP contribution in [-0.2, 0) is 6.18 Å². The third-order valence-electron chi connectivity index (χ3n) is 7.29. The summed E-state index contributed by atoms with van der Waals surface area (Å²) in [7, 11) is 7.19. The number of carbonyl (C=O) groups is 1. The first-order valence-electron chi connectivity index (χ1n) is 14.6. The molecule has 1 aromatic carbocycles. The predicted octanol–water partition coefficient (Wildman–Crippen LogP) is 6.85. The van der Waals surface area contributed by atoms with Gasteiger partial charge in [0.05, 0.1) is 34.6 Å². The Kier molecular flexibility index (Phi) is 14.8. The number of ether oxygens (including phenoxy) is 1. The number of nitrogens with zero attached hydrogens (tertiary/aromatic N) is 3. The molecule has 3 N–H and O–H groups in total. The summed E-state index contributed by atoms with van der Waals surface area (Å²) in [5.41, 5.74) is -0.567. The predicted molar refractivity (Wildman–Crippen MR) is 163 cm³/mol. The minimum Gasteiger partial charge on any atom is -0.495 e. The molecule has 0 radical (unpaired) electrons. The Bertz CT molecular complexity index is 1120. The molecule has 1 aliphatic heterocycles. The SMILES string of the molecule is CCCC1CCCC1.CNC.COc1cc(C(=O)NC2CCN(C)CC2)c(Cl)cc1Nc1ncc(C(F)(F)F)c(C)n1. The number of likely N-dealkylation sites (tertiary alicyclic amines) is 1. The first-order chi connectivity index (χ1) is 19.9. The van der Waals surface area contributed by atoms with Gasteiger partial charge in [-0.1, -0.05) is 57.0 Å². The molecular weight excluding hydrogens is 569 g/mol. The summed E-state index contributed by atoms with van der Waals surface area (Å²) in [6.07, 6.45) is 6.80. The second-order valence-corrected chi connectivity index (χ2v) is 11.2. The number of aryl methyl sites for hydroxylation is 1. The lowest BCUT2D eigenvalue weighted by Crippen LogP contribution is -2.43. The minimum atomic E-state index is -4.54. The average Bonchev–Trinajstić information content (AvgIpc) is 3.44. The van der Waals surface area contributed by atoms with Gasteiger partial charge >= 0.3 is 6.18 Å². The van der Waals surface area contributed by atoms with Gasteiger partial charge in [0.1, 0.15) is 5.75 Å². The second kappa shape index (κ2) is 17.5. The number of halogens is 4. The number of carbonyl (C=O) groups excluding carboxylic acids is 1. The Hall–Kier alpha value is -2.63. The van der Waals surface area contributed by atoms with Crippen molar-refractivity contribution in [2.45, 2.75) is 77.4 Å². The van der Waals surface area contributed by atoms with Gasteiger partial charge in [-0.2, -0.15) is 13.2 Å². The molecule has 1 aliphatic carbocycles. The molecule has 0 atom stereocenters. The normalized spacial score (nSPS) is 16.1. The summed E-state index contributed by atoms with van der Waals surface area (Å²) in [6, 6.07) is 3.00. The Morgan fingerprint density at radius 3 is 2.29 bits per heavy atom. The van der Waals surface area contributed by atoms with Crippen LogP contribution in [0.2, 0.25) is 5.02 Å². The number of piperidine rings is 1. The lowest BCUT2D eigenvalue weighted by molar-refractivity contribution is -0.138. The molecule has 2 aromatic rings. The zero-order valence-electron chi connectivity index (χ0n) is 25.6. The molecule has 1 saturated heterocycles. The van der Waals surface area contributed by atoms with Gasteiger partial charge in [0.25, 0.3) is 5.91 Å². The molecule has 8 nitrogen and oxygen atoms in total. The van der Waals surface area contributed by atoms with Crippen LogP contribution in [0.25, 0.3) is 0 Å². The van der Waals surface area contributed by atoms with E-state index in [-0.39, 0.29) is 39.9 Å². The first kappa shape index (κ1) is 35.6. The van der Waals surface area contributed by atoms with E-state index >= 15 is 0 Å². The zero-order valence-corrected chi connectivity index (χ0v) is 26.4. The second-order valence-electron chi connectivity index (χ2n) is 10.8. The highest BCUT2D eigenvalue weighted by atomic mass is 35.5. The van der Waals surface area contributed by atoms with Crippen LogP contribution in [0.15, 0.2) is 18.3 Å². The number of amides is 1. The number of methoxy groups -OCH3 is 1. The molecule has 0 bridgehead atoms. The number of hydrogen-bond acceptors (Lipinski definition) is 7. The topological polar surface area (TPSA) is 91.4 Å². The quantitative estimate of drug-likeness (QED) is 0.314. The molecule has 236 valence electrons. The highest BCUT2D eigenvalue weighted by molar-refractivity contribution is 6.34. The third-order valence-corrected chi connectivity index (χ3v) is 7.60. The third kappa shape index (κ3) is 11.2. The Morgan fingerprint density at radius 2 is 1.76 bits per heavy atom. The van der Waals surface area contributed by atoms with Gasteiger partial charge in [0.2, 0.25) is 5.95 Å². The van der Waals surface area contributed by atoms with Crippen molar-refractivity contribution in [1.82, 2.24) is 25.5 Å². The van der Waals surface area contributed by atoms with Crippen LogP contribution >= 0.6 is 11.6 Å². The molecule has 2 aliphatic rings. The van der Waals surface area contributed by atoms with E-state index < -0.39 is 11.7 Å². The Balaban J connectivity index is 0.000000471. The van der Waals surface area contributed by atoms with Gasteiger partial charge in [-0.15, -0.1) is 0 Å². The number of hydrogen-bond donors (Lipinski definition) is 3. The molecule has 1 saturated carbocycles. The van der Waals surface area contributed by atoms with Gasteiger partial charge < -0.3 is 25.6 Å². The van der Waals surface area contributed by atoms with Crippen molar-refractivity contribution in [3.8, 4) is 5.75 Å². The highest BCUT2D eigenvalue weighted by Crippen LogP contribution is 2.35. The van der Waals surface area contributed by atoms with Crippen LogP contribution in [0.4, 0.5) is 24.8 Å². The summed E-state index contributed by atoms with van der Waals surface area (Å²) in [5.74, 6) is 1.02. The Labute approximate surface area is 253 Å². The number of aromatic nitrogens is 2. The van der Waals surface area contributed by atoms with Crippen LogP contribution in [-0.4, -0.2) is 68.2 Å². The fraction of sp³-hybridized carbons (Fsp3) is 0.633. The Morgan fingerprint density at radius 1 is 1.14 bits per heavy atom. The van der Waals surface area contributed by atoms with E-state index in [1.165, 1.54) is 64.7 Å². The summed E-state index contributed by atoms with van der Waals surface area (Å²) < 4.78 is 44.1.